The number of carbonyl (C=O) groups is 2. The van der Waals surface area contributed by atoms with Crippen LogP contribution in [0.15, 0.2) is 24.3 Å². The molecular weight excluding hydrogens is 292 g/mol. The van der Waals surface area contributed by atoms with Gasteiger partial charge in [-0.1, -0.05) is 45.2 Å². The lowest BCUT2D eigenvalue weighted by Crippen LogP contribution is -2.30. The Morgan fingerprint density at radius 3 is 2.30 bits per heavy atom. The SMILES string of the molecule is CC(C)CC(OC(=O)c1ccccc1C(=O)O)C1CCCCC1. The first-order valence-corrected chi connectivity index (χ1v) is 8.52. The molecule has 1 aliphatic carbocycles. The Bertz CT molecular complexity index is 544. The lowest BCUT2D eigenvalue weighted by atomic mass is 9.82. The number of rotatable bonds is 6. The molecular formula is C19H26O4. The number of carboxylic acid groups (broad SMARTS) is 1. The molecule has 1 fully saturated rings. The Kier molecular flexibility index (Phi) is 6.20. The quantitative estimate of drug-likeness (QED) is 0.782. The van der Waals surface area contributed by atoms with E-state index >= 15 is 0 Å². The maximum absolute atomic E-state index is 12.5. The Morgan fingerprint density at radius 1 is 1.13 bits per heavy atom. The van der Waals surface area contributed by atoms with Crippen molar-refractivity contribution in [1.29, 1.82) is 0 Å². The molecule has 0 spiro atoms. The number of benzene rings is 1. The Morgan fingerprint density at radius 2 is 1.74 bits per heavy atom. The second-order valence-corrected chi connectivity index (χ2v) is 6.82. The van der Waals surface area contributed by atoms with Gasteiger partial charge in [-0.2, -0.15) is 0 Å². The van der Waals surface area contributed by atoms with Gasteiger partial charge < -0.3 is 9.84 Å². The first-order chi connectivity index (χ1) is 11.0. The van der Waals surface area contributed by atoms with Gasteiger partial charge in [-0.05, 0) is 43.2 Å². The Labute approximate surface area is 137 Å². The fraction of sp³-hybridized carbons (Fsp3) is 0.579. The first-order valence-electron chi connectivity index (χ1n) is 8.52. The minimum absolute atomic E-state index is 0.00411. The van der Waals surface area contributed by atoms with E-state index in [9.17, 15) is 14.7 Å². The van der Waals surface area contributed by atoms with Gasteiger partial charge in [-0.3, -0.25) is 0 Å². The van der Waals surface area contributed by atoms with Crippen molar-refractivity contribution >= 4 is 11.9 Å². The summed E-state index contributed by atoms with van der Waals surface area (Å²) in [5.41, 5.74) is 0.147. The molecule has 0 bridgehead atoms. The molecule has 0 aliphatic heterocycles. The molecule has 0 aromatic heterocycles. The average Bonchev–Trinajstić information content (AvgIpc) is 2.54. The first kappa shape index (κ1) is 17.5. The van der Waals surface area contributed by atoms with Crippen molar-refractivity contribution < 1.29 is 19.4 Å². The van der Waals surface area contributed by atoms with Crippen molar-refractivity contribution in [2.45, 2.75) is 58.5 Å². The van der Waals surface area contributed by atoms with Gasteiger partial charge in [0.15, 0.2) is 0 Å². The van der Waals surface area contributed by atoms with E-state index < -0.39 is 11.9 Å². The average molecular weight is 318 g/mol. The van der Waals surface area contributed by atoms with Gasteiger partial charge >= 0.3 is 11.9 Å². The highest BCUT2D eigenvalue weighted by atomic mass is 16.5. The van der Waals surface area contributed by atoms with Crippen LogP contribution in [0.5, 0.6) is 0 Å². The van der Waals surface area contributed by atoms with Crippen molar-refractivity contribution in [1.82, 2.24) is 0 Å². The lowest BCUT2D eigenvalue weighted by molar-refractivity contribution is 0.000396. The molecule has 1 N–H and O–H groups in total. The second kappa shape index (κ2) is 8.14. The molecule has 1 unspecified atom stereocenters. The highest BCUT2D eigenvalue weighted by Crippen LogP contribution is 2.31. The highest BCUT2D eigenvalue weighted by molar-refractivity contribution is 6.02. The summed E-state index contributed by atoms with van der Waals surface area (Å²) in [5, 5.41) is 9.24. The minimum Gasteiger partial charge on any atom is -0.478 e. The molecule has 126 valence electrons. The zero-order valence-electron chi connectivity index (χ0n) is 14.0. The van der Waals surface area contributed by atoms with E-state index in [-0.39, 0.29) is 17.2 Å². The van der Waals surface area contributed by atoms with E-state index in [0.717, 1.165) is 19.3 Å². The van der Waals surface area contributed by atoms with Crippen molar-refractivity contribution in [3.63, 3.8) is 0 Å². The number of hydrogen-bond acceptors (Lipinski definition) is 3. The number of ether oxygens (including phenoxy) is 1. The summed E-state index contributed by atoms with van der Waals surface area (Å²) in [4.78, 5) is 23.8. The van der Waals surface area contributed by atoms with Gasteiger partial charge in [0, 0.05) is 0 Å². The molecule has 2 rings (SSSR count). The molecule has 4 heteroatoms. The molecule has 1 aliphatic rings. The number of carbonyl (C=O) groups excluding carboxylic acids is 1. The van der Waals surface area contributed by atoms with Crippen molar-refractivity contribution in [3.05, 3.63) is 35.4 Å². The van der Waals surface area contributed by atoms with Gasteiger partial charge in [-0.25, -0.2) is 9.59 Å². The van der Waals surface area contributed by atoms with Crippen LogP contribution in [0.25, 0.3) is 0 Å². The van der Waals surface area contributed by atoms with Crippen LogP contribution in [0.1, 0.15) is 73.1 Å². The van der Waals surface area contributed by atoms with E-state index in [1.807, 2.05) is 0 Å². The molecule has 23 heavy (non-hydrogen) atoms. The van der Waals surface area contributed by atoms with E-state index in [2.05, 4.69) is 13.8 Å². The Hall–Kier alpha value is -1.84. The maximum Gasteiger partial charge on any atom is 0.339 e. The van der Waals surface area contributed by atoms with Crippen LogP contribution in [0.4, 0.5) is 0 Å². The van der Waals surface area contributed by atoms with Crippen LogP contribution in [-0.2, 0) is 4.74 Å². The topological polar surface area (TPSA) is 63.6 Å². The number of hydrogen-bond donors (Lipinski definition) is 1. The summed E-state index contributed by atoms with van der Waals surface area (Å²) < 4.78 is 5.78. The van der Waals surface area contributed by atoms with Crippen molar-refractivity contribution in [3.8, 4) is 0 Å². The molecule has 1 aromatic carbocycles. The molecule has 4 nitrogen and oxygen atoms in total. The highest BCUT2D eigenvalue weighted by Gasteiger charge is 2.29. The minimum atomic E-state index is -1.10. The van der Waals surface area contributed by atoms with Crippen molar-refractivity contribution in [2.24, 2.45) is 11.8 Å². The molecule has 0 radical (unpaired) electrons. The van der Waals surface area contributed by atoms with E-state index in [1.165, 1.54) is 31.4 Å². The van der Waals surface area contributed by atoms with Crippen LogP contribution >= 0.6 is 0 Å². The zero-order chi connectivity index (χ0) is 16.8. The van der Waals surface area contributed by atoms with Crippen LogP contribution in [0.3, 0.4) is 0 Å². The second-order valence-electron chi connectivity index (χ2n) is 6.82. The molecule has 1 aromatic rings. The third-order valence-corrected chi connectivity index (χ3v) is 4.52. The van der Waals surface area contributed by atoms with E-state index in [0.29, 0.717) is 11.8 Å². The fourth-order valence-corrected chi connectivity index (χ4v) is 3.36. The zero-order valence-corrected chi connectivity index (χ0v) is 14.0. The van der Waals surface area contributed by atoms with E-state index in [4.69, 9.17) is 4.74 Å². The van der Waals surface area contributed by atoms with Gasteiger partial charge in [0.05, 0.1) is 11.1 Å². The third kappa shape index (κ3) is 4.81. The molecule has 0 amide bonds. The largest absolute Gasteiger partial charge is 0.478 e. The third-order valence-electron chi connectivity index (χ3n) is 4.52. The van der Waals surface area contributed by atoms with Crippen LogP contribution < -0.4 is 0 Å². The van der Waals surface area contributed by atoms with Gasteiger partial charge in [0.2, 0.25) is 0 Å². The van der Waals surface area contributed by atoms with E-state index in [1.54, 1.807) is 12.1 Å². The maximum atomic E-state index is 12.5. The van der Waals surface area contributed by atoms with Crippen LogP contribution in [0.2, 0.25) is 0 Å². The van der Waals surface area contributed by atoms with Gasteiger partial charge in [0.1, 0.15) is 6.10 Å². The lowest BCUT2D eigenvalue weighted by Gasteiger charge is -2.31. The molecule has 1 saturated carbocycles. The van der Waals surface area contributed by atoms with Gasteiger partial charge in [0.25, 0.3) is 0 Å². The molecule has 0 heterocycles. The summed E-state index contributed by atoms with van der Waals surface area (Å²) in [6, 6.07) is 6.25. The summed E-state index contributed by atoms with van der Waals surface area (Å²) in [7, 11) is 0. The van der Waals surface area contributed by atoms with Crippen LogP contribution in [0, 0.1) is 11.8 Å². The summed E-state index contributed by atoms with van der Waals surface area (Å²) in [6.45, 7) is 4.24. The number of carboxylic acids is 1. The van der Waals surface area contributed by atoms with Crippen LogP contribution in [-0.4, -0.2) is 23.1 Å². The fourth-order valence-electron chi connectivity index (χ4n) is 3.36. The molecule has 1 atom stereocenters. The molecule has 0 saturated heterocycles. The summed E-state index contributed by atoms with van der Waals surface area (Å²) in [5.74, 6) is -0.786. The standard InChI is InChI=1S/C19H26O4/c1-13(2)12-17(14-8-4-3-5-9-14)23-19(22)16-11-7-6-10-15(16)18(20)21/h6-7,10-11,13-14,17H,3-5,8-9,12H2,1-2H3,(H,20,21). The smallest absolute Gasteiger partial charge is 0.339 e. The number of aromatic carboxylic acids is 1. The predicted octanol–water partition coefficient (Wildman–Crippen LogP) is 4.54. The summed E-state index contributed by atoms with van der Waals surface area (Å²) in [6.07, 6.45) is 6.50. The Balaban J connectivity index is 2.15. The number of esters is 1. The van der Waals surface area contributed by atoms with Crippen molar-refractivity contribution in [2.75, 3.05) is 0 Å². The summed E-state index contributed by atoms with van der Waals surface area (Å²) >= 11 is 0. The monoisotopic (exact) mass is 318 g/mol. The van der Waals surface area contributed by atoms with Gasteiger partial charge in [-0.15, -0.1) is 0 Å². The normalized spacial score (nSPS) is 17.0. The predicted molar refractivity (Wildman–Crippen MR) is 88.6 cm³/mol.